The van der Waals surface area contributed by atoms with Gasteiger partial charge in [-0.25, -0.2) is 9.37 Å². The van der Waals surface area contributed by atoms with Crippen LogP contribution in [0.2, 0.25) is 10.0 Å². The Hall–Kier alpha value is -3.08. The summed E-state index contributed by atoms with van der Waals surface area (Å²) in [5.41, 5.74) is 3.55. The predicted molar refractivity (Wildman–Crippen MR) is 126 cm³/mol. The first-order valence-electron chi connectivity index (χ1n) is 9.74. The molecule has 4 rings (SSSR count). The molecule has 0 atom stereocenters. The zero-order chi connectivity index (χ0) is 22.0. The first-order chi connectivity index (χ1) is 14.9. The lowest BCUT2D eigenvalue weighted by Gasteiger charge is -2.04. The summed E-state index contributed by atoms with van der Waals surface area (Å²) in [5.74, 6) is 0.539. The molecule has 0 unspecified atom stereocenters. The summed E-state index contributed by atoms with van der Waals surface area (Å²) in [6.07, 6.45) is 5.41. The molecule has 0 aliphatic heterocycles. The topological polar surface area (TPSA) is 38.0 Å². The van der Waals surface area contributed by atoms with Gasteiger partial charge in [0.15, 0.2) is 0 Å². The first-order valence-corrected chi connectivity index (χ1v) is 10.5. The lowest BCUT2D eigenvalue weighted by atomic mass is 10.0. The summed E-state index contributed by atoms with van der Waals surface area (Å²) in [6, 6.07) is 17.0. The van der Waals surface area contributed by atoms with E-state index in [1.807, 2.05) is 29.8 Å². The second-order valence-corrected chi connectivity index (χ2v) is 7.85. The van der Waals surface area contributed by atoms with Crippen molar-refractivity contribution >= 4 is 35.4 Å². The maximum Gasteiger partial charge on any atom is 0.133 e. The van der Waals surface area contributed by atoms with Gasteiger partial charge >= 0.3 is 0 Å². The van der Waals surface area contributed by atoms with E-state index in [0.29, 0.717) is 28.0 Å². The fraction of sp³-hybridized carbons (Fsp3) is 0.0800. The highest BCUT2D eigenvalue weighted by Gasteiger charge is 2.11. The number of phenols is 1. The number of hydrogen-bond donors (Lipinski definition) is 1. The zero-order valence-electron chi connectivity index (χ0n) is 16.7. The van der Waals surface area contributed by atoms with Gasteiger partial charge in [0.1, 0.15) is 17.4 Å². The maximum atomic E-state index is 14.7. The maximum absolute atomic E-state index is 14.7. The Morgan fingerprint density at radius 2 is 1.71 bits per heavy atom. The average molecular weight is 453 g/mol. The molecule has 0 aliphatic rings. The number of hydrogen-bond acceptors (Lipinski definition) is 2. The van der Waals surface area contributed by atoms with Gasteiger partial charge in [0, 0.05) is 28.9 Å². The minimum absolute atomic E-state index is 0.175. The molecule has 0 aliphatic carbocycles. The van der Waals surface area contributed by atoms with Gasteiger partial charge in [-0.3, -0.25) is 0 Å². The predicted octanol–water partition coefficient (Wildman–Crippen LogP) is 7.56. The molecule has 0 spiro atoms. The summed E-state index contributed by atoms with van der Waals surface area (Å²) >= 11 is 12.3. The molecule has 0 fully saturated rings. The Kier molecular flexibility index (Phi) is 6.12. The van der Waals surface area contributed by atoms with Crippen LogP contribution in [0.15, 0.2) is 66.9 Å². The van der Waals surface area contributed by atoms with Crippen LogP contribution in [0, 0.1) is 5.82 Å². The van der Waals surface area contributed by atoms with E-state index in [9.17, 15) is 9.50 Å². The van der Waals surface area contributed by atoms with Crippen molar-refractivity contribution in [2.45, 2.75) is 13.5 Å². The van der Waals surface area contributed by atoms with Crippen molar-refractivity contribution < 1.29 is 9.50 Å². The normalized spacial score (nSPS) is 11.4. The number of phenolic OH excluding ortho intramolecular Hbond substituents is 1. The third kappa shape index (κ3) is 4.66. The van der Waals surface area contributed by atoms with Crippen molar-refractivity contribution in [1.82, 2.24) is 9.55 Å². The van der Waals surface area contributed by atoms with Crippen LogP contribution in [-0.4, -0.2) is 14.7 Å². The average Bonchev–Trinajstić information content (AvgIpc) is 3.16. The van der Waals surface area contributed by atoms with Crippen LogP contribution < -0.4 is 0 Å². The molecule has 0 radical (unpaired) electrons. The SMILES string of the molecule is CCn1cc(-c2ccc(Cl)cc2Cl)nc1C=Cc1ccc(-c2ccc(O)cc2)cc1F. The Bertz CT molecular complexity index is 1260. The molecule has 0 saturated heterocycles. The summed E-state index contributed by atoms with van der Waals surface area (Å²) in [7, 11) is 0. The molecule has 4 aromatic rings. The van der Waals surface area contributed by atoms with E-state index in [0.717, 1.165) is 22.4 Å². The summed E-state index contributed by atoms with van der Waals surface area (Å²) in [5, 5.41) is 10.5. The van der Waals surface area contributed by atoms with Gasteiger partial charge in [-0.2, -0.15) is 0 Å². The molecule has 1 heterocycles. The Labute approximate surface area is 190 Å². The monoisotopic (exact) mass is 452 g/mol. The highest BCUT2D eigenvalue weighted by molar-refractivity contribution is 6.36. The van der Waals surface area contributed by atoms with Crippen molar-refractivity contribution in [2.75, 3.05) is 0 Å². The van der Waals surface area contributed by atoms with E-state index < -0.39 is 0 Å². The lowest BCUT2D eigenvalue weighted by molar-refractivity contribution is 0.475. The number of imidazole rings is 1. The standard InChI is InChI=1S/C25H19Cl2FN2O/c1-2-30-15-24(21-11-8-19(26)14-22(21)27)29-25(30)12-7-17-3-4-18(13-23(17)28)16-5-9-20(31)10-6-16/h3-15,31H,2H2,1H3. The number of aryl methyl sites for hydroxylation is 1. The second kappa shape index (κ2) is 8.96. The molecule has 156 valence electrons. The fourth-order valence-electron chi connectivity index (χ4n) is 3.30. The van der Waals surface area contributed by atoms with Crippen LogP contribution in [-0.2, 0) is 6.54 Å². The highest BCUT2D eigenvalue weighted by Crippen LogP contribution is 2.30. The van der Waals surface area contributed by atoms with E-state index in [2.05, 4.69) is 4.98 Å². The third-order valence-corrected chi connectivity index (χ3v) is 5.52. The van der Waals surface area contributed by atoms with E-state index in [1.165, 1.54) is 6.07 Å². The molecule has 0 amide bonds. The van der Waals surface area contributed by atoms with E-state index in [1.54, 1.807) is 54.6 Å². The Morgan fingerprint density at radius 1 is 0.968 bits per heavy atom. The van der Waals surface area contributed by atoms with Gasteiger partial charge in [-0.15, -0.1) is 0 Å². The van der Waals surface area contributed by atoms with Crippen molar-refractivity contribution in [2.24, 2.45) is 0 Å². The van der Waals surface area contributed by atoms with Crippen molar-refractivity contribution in [3.63, 3.8) is 0 Å². The number of halogens is 3. The largest absolute Gasteiger partial charge is 0.508 e. The highest BCUT2D eigenvalue weighted by atomic mass is 35.5. The van der Waals surface area contributed by atoms with E-state index in [4.69, 9.17) is 23.2 Å². The third-order valence-electron chi connectivity index (χ3n) is 4.97. The van der Waals surface area contributed by atoms with Gasteiger partial charge in [-0.1, -0.05) is 47.5 Å². The van der Waals surface area contributed by atoms with Crippen LogP contribution in [0.25, 0.3) is 34.5 Å². The van der Waals surface area contributed by atoms with Crippen LogP contribution >= 0.6 is 23.2 Å². The number of aromatic hydroxyl groups is 1. The first kappa shape index (κ1) is 21.2. The molecule has 0 saturated carbocycles. The zero-order valence-corrected chi connectivity index (χ0v) is 18.2. The molecule has 1 aromatic heterocycles. The number of benzene rings is 3. The molecule has 0 bridgehead atoms. The van der Waals surface area contributed by atoms with E-state index >= 15 is 0 Å². The van der Waals surface area contributed by atoms with Crippen LogP contribution in [0.4, 0.5) is 4.39 Å². The van der Waals surface area contributed by atoms with Gasteiger partial charge in [0.05, 0.1) is 10.7 Å². The smallest absolute Gasteiger partial charge is 0.133 e. The Balaban J connectivity index is 1.62. The summed E-state index contributed by atoms with van der Waals surface area (Å²) in [4.78, 5) is 4.66. The van der Waals surface area contributed by atoms with Gasteiger partial charge in [-0.05, 0) is 66.6 Å². The van der Waals surface area contributed by atoms with Crippen molar-refractivity contribution in [1.29, 1.82) is 0 Å². The number of nitrogens with zero attached hydrogens (tertiary/aromatic N) is 2. The van der Waals surface area contributed by atoms with Gasteiger partial charge < -0.3 is 9.67 Å². The lowest BCUT2D eigenvalue weighted by Crippen LogP contribution is -1.95. The fourth-order valence-corrected chi connectivity index (χ4v) is 3.81. The molecule has 1 N–H and O–H groups in total. The minimum Gasteiger partial charge on any atom is -0.508 e. The van der Waals surface area contributed by atoms with Crippen LogP contribution in [0.5, 0.6) is 5.75 Å². The molecular weight excluding hydrogens is 434 g/mol. The quantitative estimate of drug-likeness (QED) is 0.339. The Morgan fingerprint density at radius 3 is 2.39 bits per heavy atom. The van der Waals surface area contributed by atoms with Crippen LogP contribution in [0.1, 0.15) is 18.3 Å². The van der Waals surface area contributed by atoms with Crippen molar-refractivity contribution in [3.05, 3.63) is 94.1 Å². The molecule has 31 heavy (non-hydrogen) atoms. The summed E-state index contributed by atoms with van der Waals surface area (Å²) < 4.78 is 16.7. The van der Waals surface area contributed by atoms with Crippen molar-refractivity contribution in [3.8, 4) is 28.1 Å². The van der Waals surface area contributed by atoms with E-state index in [-0.39, 0.29) is 11.6 Å². The molecule has 3 aromatic carbocycles. The molecular formula is C25H19Cl2FN2O. The molecule has 6 heteroatoms. The van der Waals surface area contributed by atoms with Gasteiger partial charge in [0.25, 0.3) is 0 Å². The molecule has 3 nitrogen and oxygen atoms in total. The number of rotatable bonds is 5. The van der Waals surface area contributed by atoms with Gasteiger partial charge in [0.2, 0.25) is 0 Å². The number of aromatic nitrogens is 2. The van der Waals surface area contributed by atoms with Crippen LogP contribution in [0.3, 0.4) is 0 Å². The summed E-state index contributed by atoms with van der Waals surface area (Å²) in [6.45, 7) is 2.72. The minimum atomic E-state index is -0.336. The second-order valence-electron chi connectivity index (χ2n) is 7.01.